The fourth-order valence-corrected chi connectivity index (χ4v) is 2.97. The van der Waals surface area contributed by atoms with Gasteiger partial charge in [-0.1, -0.05) is 12.1 Å². The second-order valence-corrected chi connectivity index (χ2v) is 6.26. The van der Waals surface area contributed by atoms with Gasteiger partial charge in [-0.3, -0.25) is 0 Å². The highest BCUT2D eigenvalue weighted by Gasteiger charge is 2.11. The zero-order chi connectivity index (χ0) is 19.3. The number of imidazole rings is 1. The number of methoxy groups -OCH3 is 2. The molecule has 2 heterocycles. The SMILES string of the molecule is COc1ccc(CCNc2ncnc3nc(-c4ccc(OC)cc4)[nH]c23)cc1. The summed E-state index contributed by atoms with van der Waals surface area (Å²) in [5, 5.41) is 3.37. The molecule has 0 atom stereocenters. The number of fused-ring (bicyclic) bond motifs is 1. The highest BCUT2D eigenvalue weighted by Crippen LogP contribution is 2.24. The van der Waals surface area contributed by atoms with Gasteiger partial charge in [0.05, 0.1) is 14.2 Å². The fourth-order valence-electron chi connectivity index (χ4n) is 2.97. The van der Waals surface area contributed by atoms with Gasteiger partial charge in [0.2, 0.25) is 0 Å². The van der Waals surface area contributed by atoms with Crippen LogP contribution in [0.2, 0.25) is 0 Å². The number of hydrogen-bond donors (Lipinski definition) is 2. The van der Waals surface area contributed by atoms with E-state index in [0.29, 0.717) is 5.65 Å². The van der Waals surface area contributed by atoms with Crippen LogP contribution in [0.15, 0.2) is 54.9 Å². The molecule has 0 saturated heterocycles. The number of ether oxygens (including phenoxy) is 2. The van der Waals surface area contributed by atoms with Crippen LogP contribution in [-0.2, 0) is 6.42 Å². The van der Waals surface area contributed by atoms with E-state index < -0.39 is 0 Å². The predicted molar refractivity (Wildman–Crippen MR) is 109 cm³/mol. The van der Waals surface area contributed by atoms with Crippen LogP contribution in [-0.4, -0.2) is 40.7 Å². The fraction of sp³-hybridized carbons (Fsp3) is 0.190. The molecule has 0 radical (unpaired) electrons. The summed E-state index contributed by atoms with van der Waals surface area (Å²) in [6.45, 7) is 0.745. The first-order valence-corrected chi connectivity index (χ1v) is 8.99. The van der Waals surface area contributed by atoms with Gasteiger partial charge in [0.15, 0.2) is 11.5 Å². The molecular formula is C21H21N5O2. The molecule has 2 N–H and O–H groups in total. The smallest absolute Gasteiger partial charge is 0.183 e. The molecule has 0 saturated carbocycles. The van der Waals surface area contributed by atoms with E-state index in [1.54, 1.807) is 14.2 Å². The maximum absolute atomic E-state index is 5.21. The van der Waals surface area contributed by atoms with E-state index in [1.807, 2.05) is 36.4 Å². The topological polar surface area (TPSA) is 84.9 Å². The number of benzene rings is 2. The van der Waals surface area contributed by atoms with Crippen molar-refractivity contribution < 1.29 is 9.47 Å². The number of H-pyrrole nitrogens is 1. The van der Waals surface area contributed by atoms with Gasteiger partial charge in [0.1, 0.15) is 29.2 Å². The van der Waals surface area contributed by atoms with Crippen molar-refractivity contribution in [2.45, 2.75) is 6.42 Å². The minimum atomic E-state index is 0.632. The number of nitrogens with zero attached hydrogens (tertiary/aromatic N) is 3. The zero-order valence-electron chi connectivity index (χ0n) is 15.8. The largest absolute Gasteiger partial charge is 0.497 e. The van der Waals surface area contributed by atoms with Crippen molar-refractivity contribution in [1.29, 1.82) is 0 Å². The van der Waals surface area contributed by atoms with Crippen LogP contribution >= 0.6 is 0 Å². The van der Waals surface area contributed by atoms with Crippen LogP contribution < -0.4 is 14.8 Å². The summed E-state index contributed by atoms with van der Waals surface area (Å²) in [5.74, 6) is 3.15. The van der Waals surface area contributed by atoms with Crippen molar-refractivity contribution >= 4 is 17.0 Å². The Morgan fingerprint density at radius 3 is 2.25 bits per heavy atom. The Morgan fingerprint density at radius 1 is 0.893 bits per heavy atom. The van der Waals surface area contributed by atoms with E-state index in [1.165, 1.54) is 11.9 Å². The highest BCUT2D eigenvalue weighted by atomic mass is 16.5. The third-order valence-corrected chi connectivity index (χ3v) is 4.52. The standard InChI is InChI=1S/C21H21N5O2/c1-27-16-7-3-14(4-8-16)11-12-22-20-18-21(24-13-23-20)26-19(25-18)15-5-9-17(28-2)10-6-15/h3-10,13H,11-12H2,1-2H3,(H2,22,23,24,25,26). The van der Waals surface area contributed by atoms with Gasteiger partial charge in [-0.05, 0) is 48.4 Å². The molecule has 0 unspecified atom stereocenters. The Labute approximate surface area is 162 Å². The molecule has 28 heavy (non-hydrogen) atoms. The van der Waals surface area contributed by atoms with Crippen molar-refractivity contribution in [2.24, 2.45) is 0 Å². The van der Waals surface area contributed by atoms with Crippen molar-refractivity contribution in [2.75, 3.05) is 26.1 Å². The quantitative estimate of drug-likeness (QED) is 0.512. The molecule has 2 aromatic heterocycles. The molecule has 142 valence electrons. The number of aromatic amines is 1. The van der Waals surface area contributed by atoms with E-state index in [0.717, 1.165) is 47.2 Å². The molecule has 7 heteroatoms. The van der Waals surface area contributed by atoms with E-state index >= 15 is 0 Å². The Morgan fingerprint density at radius 2 is 1.57 bits per heavy atom. The van der Waals surface area contributed by atoms with Gasteiger partial charge in [0, 0.05) is 12.1 Å². The summed E-state index contributed by atoms with van der Waals surface area (Å²) < 4.78 is 10.4. The third-order valence-electron chi connectivity index (χ3n) is 4.52. The zero-order valence-corrected chi connectivity index (χ0v) is 15.8. The third kappa shape index (κ3) is 3.73. The molecule has 0 bridgehead atoms. The molecule has 0 amide bonds. The number of anilines is 1. The Balaban J connectivity index is 1.49. The summed E-state index contributed by atoms with van der Waals surface area (Å²) in [4.78, 5) is 16.6. The Bertz CT molecular complexity index is 1060. The first kappa shape index (κ1) is 17.8. The maximum atomic E-state index is 5.21. The van der Waals surface area contributed by atoms with E-state index in [2.05, 4.69) is 37.4 Å². The lowest BCUT2D eigenvalue weighted by atomic mass is 10.1. The number of hydrogen-bond acceptors (Lipinski definition) is 6. The van der Waals surface area contributed by atoms with Gasteiger partial charge in [-0.15, -0.1) is 0 Å². The molecule has 0 fully saturated rings. The minimum Gasteiger partial charge on any atom is -0.497 e. The van der Waals surface area contributed by atoms with Crippen LogP contribution in [0.5, 0.6) is 11.5 Å². The predicted octanol–water partition coefficient (Wildman–Crippen LogP) is 3.69. The normalized spacial score (nSPS) is 10.8. The van der Waals surface area contributed by atoms with Crippen molar-refractivity contribution in [1.82, 2.24) is 19.9 Å². The molecule has 0 aliphatic rings. The molecule has 4 aromatic rings. The second kappa shape index (κ2) is 7.96. The summed E-state index contributed by atoms with van der Waals surface area (Å²) in [6, 6.07) is 15.8. The highest BCUT2D eigenvalue weighted by molar-refractivity contribution is 5.85. The maximum Gasteiger partial charge on any atom is 0.183 e. The van der Waals surface area contributed by atoms with Crippen LogP contribution in [0, 0.1) is 0 Å². The number of aromatic nitrogens is 4. The van der Waals surface area contributed by atoms with Crippen molar-refractivity contribution in [3.8, 4) is 22.9 Å². The van der Waals surface area contributed by atoms with Gasteiger partial charge < -0.3 is 19.8 Å². The van der Waals surface area contributed by atoms with E-state index in [-0.39, 0.29) is 0 Å². The minimum absolute atomic E-state index is 0.632. The summed E-state index contributed by atoms with van der Waals surface area (Å²) >= 11 is 0. The van der Waals surface area contributed by atoms with E-state index in [9.17, 15) is 0 Å². The molecule has 4 rings (SSSR count). The van der Waals surface area contributed by atoms with Crippen LogP contribution in [0.25, 0.3) is 22.6 Å². The molecular weight excluding hydrogens is 354 g/mol. The second-order valence-electron chi connectivity index (χ2n) is 6.26. The molecule has 0 aliphatic carbocycles. The average Bonchev–Trinajstić information content (AvgIpc) is 3.19. The molecule has 2 aromatic carbocycles. The lowest BCUT2D eigenvalue weighted by Gasteiger charge is -2.07. The molecule has 0 spiro atoms. The first-order chi connectivity index (χ1) is 13.8. The van der Waals surface area contributed by atoms with Crippen LogP contribution in [0.3, 0.4) is 0 Å². The number of rotatable bonds is 7. The average molecular weight is 375 g/mol. The van der Waals surface area contributed by atoms with E-state index in [4.69, 9.17) is 9.47 Å². The Kier molecular flexibility index (Phi) is 5.05. The summed E-state index contributed by atoms with van der Waals surface area (Å²) in [7, 11) is 3.32. The van der Waals surface area contributed by atoms with Crippen molar-refractivity contribution in [3.05, 3.63) is 60.4 Å². The monoisotopic (exact) mass is 375 g/mol. The van der Waals surface area contributed by atoms with Crippen LogP contribution in [0.4, 0.5) is 5.82 Å². The lowest BCUT2D eigenvalue weighted by molar-refractivity contribution is 0.414. The van der Waals surface area contributed by atoms with Gasteiger partial charge in [0.25, 0.3) is 0 Å². The molecule has 0 aliphatic heterocycles. The van der Waals surface area contributed by atoms with Gasteiger partial charge in [-0.25, -0.2) is 15.0 Å². The summed E-state index contributed by atoms with van der Waals surface area (Å²) in [5.41, 5.74) is 3.61. The Hall–Kier alpha value is -3.61. The molecule has 7 nitrogen and oxygen atoms in total. The van der Waals surface area contributed by atoms with Gasteiger partial charge >= 0.3 is 0 Å². The number of nitrogens with one attached hydrogen (secondary N) is 2. The first-order valence-electron chi connectivity index (χ1n) is 8.99. The summed E-state index contributed by atoms with van der Waals surface area (Å²) in [6.07, 6.45) is 2.39. The lowest BCUT2D eigenvalue weighted by Crippen LogP contribution is -2.07. The van der Waals surface area contributed by atoms with Gasteiger partial charge in [-0.2, -0.15) is 0 Å². The van der Waals surface area contributed by atoms with Crippen LogP contribution in [0.1, 0.15) is 5.56 Å². The van der Waals surface area contributed by atoms with Crippen molar-refractivity contribution in [3.63, 3.8) is 0 Å².